The van der Waals surface area contributed by atoms with Crippen molar-refractivity contribution in [2.24, 2.45) is 0 Å². The van der Waals surface area contributed by atoms with Gasteiger partial charge in [-0.05, 0) is 24.0 Å². The summed E-state index contributed by atoms with van der Waals surface area (Å²) >= 11 is 7.01. The number of H-pyrrole nitrogens is 1. The Morgan fingerprint density at radius 3 is 2.92 bits per heavy atom. The van der Waals surface area contributed by atoms with Crippen LogP contribution in [0.4, 0.5) is 15.9 Å². The lowest BCUT2D eigenvalue weighted by molar-refractivity contribution is -0.123. The van der Waals surface area contributed by atoms with Crippen molar-refractivity contribution >= 4 is 46.7 Å². The van der Waals surface area contributed by atoms with E-state index in [9.17, 15) is 18.8 Å². The van der Waals surface area contributed by atoms with E-state index in [4.69, 9.17) is 11.6 Å². The van der Waals surface area contributed by atoms with Gasteiger partial charge in [-0.1, -0.05) is 30.3 Å². The molecule has 2 aromatic rings. The topological polar surface area (TPSA) is 104 Å². The van der Waals surface area contributed by atoms with Crippen LogP contribution in [0.3, 0.4) is 0 Å². The van der Waals surface area contributed by atoms with Crippen LogP contribution >= 0.6 is 23.4 Å². The Kier molecular flexibility index (Phi) is 5.28. The first kappa shape index (κ1) is 18.4. The molecule has 0 aliphatic carbocycles. The number of thioether (sulfide) groups is 1. The number of fused-ring (bicyclic) bond motifs is 1. The molecule has 1 aliphatic heterocycles. The van der Waals surface area contributed by atoms with Crippen molar-refractivity contribution in [1.29, 1.82) is 0 Å². The van der Waals surface area contributed by atoms with E-state index < -0.39 is 29.1 Å². The highest BCUT2D eigenvalue weighted by atomic mass is 35.5. The summed E-state index contributed by atoms with van der Waals surface area (Å²) in [6.07, 6.45) is -0.196. The van der Waals surface area contributed by atoms with Crippen LogP contribution in [0.2, 0.25) is 5.02 Å². The number of nitrogens with one attached hydrogen (secondary N) is 3. The molecule has 1 atom stereocenters. The van der Waals surface area contributed by atoms with Crippen molar-refractivity contribution in [2.75, 3.05) is 16.4 Å². The molecular weight excluding hydrogens is 383 g/mol. The minimum atomic E-state index is -1.01. The molecule has 0 unspecified atom stereocenters. The molecule has 7 nitrogen and oxygen atoms in total. The number of rotatable bonds is 4. The monoisotopic (exact) mass is 396 g/mol. The summed E-state index contributed by atoms with van der Waals surface area (Å²) in [6, 6.07) is 3.70. The fourth-order valence-corrected chi connectivity index (χ4v) is 3.36. The smallest absolute Gasteiger partial charge is 0.257 e. The summed E-state index contributed by atoms with van der Waals surface area (Å²) in [5.41, 5.74) is -0.129. The lowest BCUT2D eigenvalue weighted by Crippen LogP contribution is -2.36. The number of benzene rings is 1. The standard InChI is InChI=1S/C16H14ClFN4O3S/c1-2-26-16-21-13-12(15(25)22-16)8(6-11(23)20-13)14(24)19-7-3-4-10(18)9(17)5-7/h3-5,8H,2,6H2,1H3,(H,19,24)(H2,20,21,22,23,25)/t8-/m0/s1. The van der Waals surface area contributed by atoms with E-state index in [0.717, 1.165) is 6.07 Å². The Balaban J connectivity index is 1.93. The van der Waals surface area contributed by atoms with Gasteiger partial charge in [0.05, 0.1) is 16.5 Å². The van der Waals surface area contributed by atoms with E-state index >= 15 is 0 Å². The Hall–Kier alpha value is -2.39. The van der Waals surface area contributed by atoms with Gasteiger partial charge in [0.2, 0.25) is 11.8 Å². The first-order valence-electron chi connectivity index (χ1n) is 7.71. The number of anilines is 2. The van der Waals surface area contributed by atoms with Crippen LogP contribution in [0.15, 0.2) is 28.2 Å². The highest BCUT2D eigenvalue weighted by molar-refractivity contribution is 7.99. The minimum Gasteiger partial charge on any atom is -0.325 e. The van der Waals surface area contributed by atoms with Gasteiger partial charge in [0.1, 0.15) is 11.6 Å². The molecule has 26 heavy (non-hydrogen) atoms. The molecular formula is C16H14ClFN4O3S. The highest BCUT2D eigenvalue weighted by Crippen LogP contribution is 2.30. The number of hydrogen-bond donors (Lipinski definition) is 3. The number of halogens is 2. The summed E-state index contributed by atoms with van der Waals surface area (Å²) in [5.74, 6) is -1.86. The van der Waals surface area contributed by atoms with Crippen LogP contribution < -0.4 is 16.2 Å². The summed E-state index contributed by atoms with van der Waals surface area (Å²) in [7, 11) is 0. The first-order valence-corrected chi connectivity index (χ1v) is 9.08. The van der Waals surface area contributed by atoms with E-state index in [0.29, 0.717) is 10.9 Å². The second kappa shape index (κ2) is 7.46. The maximum Gasteiger partial charge on any atom is 0.257 e. The SMILES string of the molecule is CCSc1nc2c(c(=O)[nH]1)[C@@H](C(=O)Nc1ccc(F)c(Cl)c1)CC(=O)N2. The van der Waals surface area contributed by atoms with Gasteiger partial charge in [-0.25, -0.2) is 9.37 Å². The molecule has 2 heterocycles. The number of aromatic nitrogens is 2. The van der Waals surface area contributed by atoms with E-state index in [1.807, 2.05) is 6.92 Å². The first-order chi connectivity index (χ1) is 12.4. The zero-order valence-electron chi connectivity index (χ0n) is 13.6. The zero-order chi connectivity index (χ0) is 18.8. The maximum atomic E-state index is 13.2. The predicted octanol–water partition coefficient (Wildman–Crippen LogP) is 2.74. The number of aromatic amines is 1. The van der Waals surface area contributed by atoms with E-state index in [1.165, 1.54) is 23.9 Å². The van der Waals surface area contributed by atoms with Gasteiger partial charge in [-0.2, -0.15) is 0 Å². The fraction of sp³-hybridized carbons (Fsp3) is 0.250. The fourth-order valence-electron chi connectivity index (χ4n) is 2.58. The molecule has 0 saturated carbocycles. The minimum absolute atomic E-state index is 0.0817. The molecule has 1 aromatic heterocycles. The molecule has 0 fully saturated rings. The van der Waals surface area contributed by atoms with Crippen molar-refractivity contribution in [3.63, 3.8) is 0 Å². The molecule has 136 valence electrons. The zero-order valence-corrected chi connectivity index (χ0v) is 15.1. The average Bonchev–Trinajstić information content (AvgIpc) is 2.57. The van der Waals surface area contributed by atoms with Gasteiger partial charge in [-0.3, -0.25) is 14.4 Å². The molecule has 0 saturated heterocycles. The van der Waals surface area contributed by atoms with Gasteiger partial charge in [0, 0.05) is 12.1 Å². The second-order valence-corrected chi connectivity index (χ2v) is 7.15. The largest absolute Gasteiger partial charge is 0.325 e. The van der Waals surface area contributed by atoms with Gasteiger partial charge < -0.3 is 15.6 Å². The summed E-state index contributed by atoms with van der Waals surface area (Å²) < 4.78 is 13.2. The van der Waals surface area contributed by atoms with E-state index in [-0.39, 0.29) is 28.5 Å². The van der Waals surface area contributed by atoms with Crippen molar-refractivity contribution < 1.29 is 14.0 Å². The maximum absolute atomic E-state index is 13.2. The van der Waals surface area contributed by atoms with Crippen LogP contribution in [0, 0.1) is 5.82 Å². The van der Waals surface area contributed by atoms with Gasteiger partial charge in [0.15, 0.2) is 5.16 Å². The average molecular weight is 397 g/mol. The summed E-state index contributed by atoms with van der Waals surface area (Å²) in [6.45, 7) is 1.90. The highest BCUT2D eigenvalue weighted by Gasteiger charge is 2.34. The Labute approximate surface area is 156 Å². The van der Waals surface area contributed by atoms with Gasteiger partial charge >= 0.3 is 0 Å². The third-order valence-corrected chi connectivity index (χ3v) is 4.76. The number of carbonyl (C=O) groups is 2. The quantitative estimate of drug-likeness (QED) is 0.544. The van der Waals surface area contributed by atoms with Crippen molar-refractivity contribution in [3.8, 4) is 0 Å². The molecule has 0 radical (unpaired) electrons. The van der Waals surface area contributed by atoms with Crippen LogP contribution in [-0.2, 0) is 9.59 Å². The molecule has 1 aromatic carbocycles. The Bertz CT molecular complexity index is 950. The van der Waals surface area contributed by atoms with Crippen LogP contribution in [0.25, 0.3) is 0 Å². The molecule has 1 aliphatic rings. The molecule has 10 heteroatoms. The Morgan fingerprint density at radius 1 is 1.46 bits per heavy atom. The molecule has 3 rings (SSSR count). The van der Waals surface area contributed by atoms with Crippen molar-refractivity contribution in [1.82, 2.24) is 9.97 Å². The number of carbonyl (C=O) groups excluding carboxylic acids is 2. The lowest BCUT2D eigenvalue weighted by Gasteiger charge is -2.23. The molecule has 0 spiro atoms. The number of hydrogen-bond acceptors (Lipinski definition) is 5. The van der Waals surface area contributed by atoms with Crippen LogP contribution in [0.1, 0.15) is 24.8 Å². The van der Waals surface area contributed by atoms with E-state index in [2.05, 4.69) is 20.6 Å². The van der Waals surface area contributed by atoms with Gasteiger partial charge in [0.25, 0.3) is 5.56 Å². The third kappa shape index (κ3) is 3.73. The normalized spacial score (nSPS) is 16.0. The Morgan fingerprint density at radius 2 is 2.23 bits per heavy atom. The lowest BCUT2D eigenvalue weighted by atomic mass is 9.92. The third-order valence-electron chi connectivity index (χ3n) is 3.71. The van der Waals surface area contributed by atoms with Crippen LogP contribution in [-0.4, -0.2) is 27.5 Å². The number of amides is 2. The van der Waals surface area contributed by atoms with Crippen molar-refractivity contribution in [2.45, 2.75) is 24.4 Å². The summed E-state index contributed by atoms with van der Waals surface area (Å²) in [5, 5.41) is 5.30. The number of nitrogens with zero attached hydrogens (tertiary/aromatic N) is 1. The summed E-state index contributed by atoms with van der Waals surface area (Å²) in [4.78, 5) is 43.8. The molecule has 0 bridgehead atoms. The van der Waals surface area contributed by atoms with E-state index in [1.54, 1.807) is 0 Å². The van der Waals surface area contributed by atoms with Crippen molar-refractivity contribution in [3.05, 3.63) is 45.0 Å². The van der Waals surface area contributed by atoms with Crippen LogP contribution in [0.5, 0.6) is 0 Å². The molecule has 2 amide bonds. The predicted molar refractivity (Wildman–Crippen MR) is 97.3 cm³/mol. The molecule has 3 N–H and O–H groups in total. The second-order valence-electron chi connectivity index (χ2n) is 5.49. The van der Waals surface area contributed by atoms with Gasteiger partial charge in [-0.15, -0.1) is 0 Å².